The number of rotatable bonds is 7. The lowest BCUT2D eigenvalue weighted by Crippen LogP contribution is -2.52. The van der Waals surface area contributed by atoms with Gasteiger partial charge in [0, 0.05) is 49.8 Å². The van der Waals surface area contributed by atoms with Crippen LogP contribution in [0, 0.1) is 0 Å². The summed E-state index contributed by atoms with van der Waals surface area (Å²) >= 11 is 0. The van der Waals surface area contributed by atoms with Crippen LogP contribution in [0.4, 0.5) is 0 Å². The number of hydrogen-bond acceptors (Lipinski definition) is 14. The van der Waals surface area contributed by atoms with Gasteiger partial charge in [-0.25, -0.2) is 0 Å². The van der Waals surface area contributed by atoms with Gasteiger partial charge in [0.1, 0.15) is 35.6 Å². The third-order valence-electron chi connectivity index (χ3n) is 8.29. The first-order chi connectivity index (χ1) is 21.2. The number of ketones is 3. The summed E-state index contributed by atoms with van der Waals surface area (Å²) in [6.07, 6.45) is -7.02. The second-order valence-electron chi connectivity index (χ2n) is 11.2. The molecule has 0 spiro atoms. The molecule has 45 heavy (non-hydrogen) atoms. The van der Waals surface area contributed by atoms with E-state index in [0.29, 0.717) is 0 Å². The molecular weight excluding hydrogens is 596 g/mol. The average Bonchev–Trinajstić information content (AvgIpc) is 2.97. The Hall–Kier alpha value is -4.37. The Bertz CT molecular complexity index is 1610. The molecule has 0 amide bonds. The van der Waals surface area contributed by atoms with E-state index in [-0.39, 0.29) is 34.4 Å². The predicted octanol–water partition coefficient (Wildman–Crippen LogP) is 1.18. The summed E-state index contributed by atoms with van der Waals surface area (Å²) in [7, 11) is 1.30. The van der Waals surface area contributed by atoms with E-state index in [1.807, 2.05) is 0 Å². The second kappa shape index (κ2) is 11.9. The van der Waals surface area contributed by atoms with Gasteiger partial charge in [-0.1, -0.05) is 12.1 Å². The smallest absolute Gasteiger partial charge is 0.303 e. The maximum Gasteiger partial charge on any atom is 0.303 e. The number of Topliss-reactive ketones (excluding diaryl/α,β-unsaturated/α-hetero) is 1. The van der Waals surface area contributed by atoms with Crippen molar-refractivity contribution in [3.05, 3.63) is 51.6 Å². The predicted molar refractivity (Wildman–Crippen MR) is 149 cm³/mol. The zero-order valence-electron chi connectivity index (χ0n) is 24.8. The number of carbonyl (C=O) groups is 5. The standard InChI is InChI=1S/C31H32O14/c1-12-30(44-14(3)34)18(43-13(2)33)8-21(42-12)45-19-10-31(40,20(35)11-32)9-16-23(19)29(39)25-24(27(16)37)26(36)15-6-5-7-17(41-4)22(15)28(25)38/h5-7,12,18-19,21,30,32,37,39-40H,8-11H2,1-4H3/t12?,18?,19?,21?,30?,31-/m0/s1. The van der Waals surface area contributed by atoms with Crippen LogP contribution in [0.2, 0.25) is 0 Å². The van der Waals surface area contributed by atoms with Gasteiger partial charge in [0.15, 0.2) is 24.0 Å². The lowest BCUT2D eigenvalue weighted by molar-refractivity contribution is -0.272. The molecule has 0 radical (unpaired) electrons. The third kappa shape index (κ3) is 5.43. The topological polar surface area (TPSA) is 212 Å². The summed E-state index contributed by atoms with van der Waals surface area (Å²) in [5.41, 5.74) is -4.04. The molecule has 14 heteroatoms. The van der Waals surface area contributed by atoms with Crippen LogP contribution >= 0.6 is 0 Å². The lowest BCUT2D eigenvalue weighted by atomic mass is 9.72. The van der Waals surface area contributed by atoms with Crippen molar-refractivity contribution >= 4 is 29.3 Å². The monoisotopic (exact) mass is 628 g/mol. The number of aliphatic hydroxyl groups is 2. The molecule has 2 aromatic carbocycles. The highest BCUT2D eigenvalue weighted by Crippen LogP contribution is 2.52. The van der Waals surface area contributed by atoms with Crippen LogP contribution in [0.5, 0.6) is 17.2 Å². The van der Waals surface area contributed by atoms with Crippen LogP contribution in [-0.2, 0) is 39.8 Å². The summed E-state index contributed by atoms with van der Waals surface area (Å²) in [5, 5.41) is 44.1. The number of carbonyl (C=O) groups excluding carboxylic acids is 5. The number of fused-ring (bicyclic) bond motifs is 3. The van der Waals surface area contributed by atoms with Crippen LogP contribution in [-0.4, -0.2) is 93.6 Å². The zero-order valence-corrected chi connectivity index (χ0v) is 24.8. The maximum absolute atomic E-state index is 13.8. The number of methoxy groups -OCH3 is 1. The Labute approximate surface area is 256 Å². The molecule has 0 bridgehead atoms. The number of phenolic OH excluding ortho intramolecular Hbond substituents is 2. The van der Waals surface area contributed by atoms with Crippen molar-refractivity contribution in [3.63, 3.8) is 0 Å². The number of esters is 2. The highest BCUT2D eigenvalue weighted by Gasteiger charge is 2.51. The highest BCUT2D eigenvalue weighted by molar-refractivity contribution is 6.31. The Kier molecular flexibility index (Phi) is 8.44. The van der Waals surface area contributed by atoms with Crippen molar-refractivity contribution in [3.8, 4) is 17.2 Å². The van der Waals surface area contributed by atoms with Crippen molar-refractivity contribution < 1.29 is 68.1 Å². The lowest BCUT2D eigenvalue weighted by Gasteiger charge is -2.43. The molecule has 0 aromatic heterocycles. The van der Waals surface area contributed by atoms with Crippen molar-refractivity contribution in [2.75, 3.05) is 13.7 Å². The Balaban J connectivity index is 1.62. The number of ether oxygens (including phenoxy) is 5. The van der Waals surface area contributed by atoms with Crippen molar-refractivity contribution in [2.45, 2.75) is 76.3 Å². The molecule has 1 heterocycles. The maximum atomic E-state index is 13.8. The molecule has 2 aliphatic carbocycles. The average molecular weight is 629 g/mol. The van der Waals surface area contributed by atoms with Gasteiger partial charge in [-0.3, -0.25) is 24.0 Å². The molecule has 5 unspecified atom stereocenters. The van der Waals surface area contributed by atoms with Gasteiger partial charge in [-0.2, -0.15) is 0 Å². The van der Waals surface area contributed by atoms with Crippen molar-refractivity contribution in [1.29, 1.82) is 0 Å². The Morgan fingerprint density at radius 3 is 2.29 bits per heavy atom. The zero-order chi connectivity index (χ0) is 33.0. The fourth-order valence-corrected chi connectivity index (χ4v) is 6.36. The third-order valence-corrected chi connectivity index (χ3v) is 8.29. The number of aromatic hydroxyl groups is 2. The summed E-state index contributed by atoms with van der Waals surface area (Å²) in [6.45, 7) is 2.80. The number of hydrogen-bond donors (Lipinski definition) is 4. The van der Waals surface area contributed by atoms with Crippen molar-refractivity contribution in [2.24, 2.45) is 0 Å². The molecule has 0 saturated carbocycles. The van der Waals surface area contributed by atoms with E-state index in [1.54, 1.807) is 0 Å². The molecule has 2 aromatic rings. The van der Waals surface area contributed by atoms with Crippen LogP contribution in [0.25, 0.3) is 0 Å². The molecule has 1 fully saturated rings. The van der Waals surface area contributed by atoms with Gasteiger partial charge in [0.05, 0.1) is 36.0 Å². The van der Waals surface area contributed by atoms with Crippen LogP contribution < -0.4 is 4.74 Å². The minimum absolute atomic E-state index is 0.0623. The van der Waals surface area contributed by atoms with Gasteiger partial charge in [-0.05, 0) is 13.0 Å². The minimum Gasteiger partial charge on any atom is -0.507 e. The fraction of sp³-hybridized carbons (Fsp3) is 0.452. The van der Waals surface area contributed by atoms with Gasteiger partial charge >= 0.3 is 11.9 Å². The van der Waals surface area contributed by atoms with E-state index < -0.39 is 108 Å². The summed E-state index contributed by atoms with van der Waals surface area (Å²) in [6, 6.07) is 4.30. The van der Waals surface area contributed by atoms with E-state index in [4.69, 9.17) is 23.7 Å². The van der Waals surface area contributed by atoms with Gasteiger partial charge < -0.3 is 44.1 Å². The molecular formula is C31H32O14. The molecule has 3 aliphatic rings. The molecule has 240 valence electrons. The molecule has 1 saturated heterocycles. The first-order valence-electron chi connectivity index (χ1n) is 14.1. The number of phenols is 2. The molecule has 1 aliphatic heterocycles. The van der Waals surface area contributed by atoms with Crippen LogP contribution in [0.15, 0.2) is 18.2 Å². The highest BCUT2D eigenvalue weighted by atomic mass is 16.7. The Morgan fingerprint density at radius 1 is 1.00 bits per heavy atom. The summed E-state index contributed by atoms with van der Waals surface area (Å²) < 4.78 is 28.0. The second-order valence-corrected chi connectivity index (χ2v) is 11.2. The van der Waals surface area contributed by atoms with Crippen LogP contribution in [0.1, 0.15) is 82.7 Å². The van der Waals surface area contributed by atoms with Gasteiger partial charge in [-0.15, -0.1) is 0 Å². The minimum atomic E-state index is -2.33. The fourth-order valence-electron chi connectivity index (χ4n) is 6.36. The van der Waals surface area contributed by atoms with Crippen molar-refractivity contribution in [1.82, 2.24) is 0 Å². The summed E-state index contributed by atoms with van der Waals surface area (Å²) in [4.78, 5) is 63.7. The first-order valence-corrected chi connectivity index (χ1v) is 14.1. The Morgan fingerprint density at radius 2 is 1.67 bits per heavy atom. The first kappa shape index (κ1) is 32.0. The SMILES string of the molecule is COc1cccc2c1C(=O)c1c(O)c3c(c(O)c1C2=O)C[C@@](O)(C(=O)CO)CC3OC1CC(OC(C)=O)C(OC(C)=O)C(C)O1. The number of aliphatic hydroxyl groups excluding tert-OH is 1. The van der Waals surface area contributed by atoms with E-state index in [1.165, 1.54) is 39.2 Å². The molecule has 6 atom stereocenters. The van der Waals surface area contributed by atoms with Gasteiger partial charge in [0.2, 0.25) is 5.78 Å². The van der Waals surface area contributed by atoms with E-state index in [0.717, 1.165) is 6.92 Å². The largest absolute Gasteiger partial charge is 0.507 e. The van der Waals surface area contributed by atoms with Crippen LogP contribution in [0.3, 0.4) is 0 Å². The van der Waals surface area contributed by atoms with E-state index in [2.05, 4.69) is 0 Å². The normalized spacial score (nSPS) is 27.1. The van der Waals surface area contributed by atoms with Gasteiger partial charge in [0.25, 0.3) is 0 Å². The molecule has 14 nitrogen and oxygen atoms in total. The quantitative estimate of drug-likeness (QED) is 0.214. The molecule has 5 rings (SSSR count). The van der Waals surface area contributed by atoms with E-state index >= 15 is 0 Å². The molecule has 4 N–H and O–H groups in total. The van der Waals surface area contributed by atoms with E-state index in [9.17, 15) is 44.4 Å². The number of benzene rings is 2. The summed E-state index contributed by atoms with van der Waals surface area (Å²) in [5.74, 6) is -5.40.